The van der Waals surface area contributed by atoms with Gasteiger partial charge in [0.2, 0.25) is 6.41 Å². The fourth-order valence-electron chi connectivity index (χ4n) is 3.64. The number of hydrogen-bond donors (Lipinski definition) is 1. The van der Waals surface area contributed by atoms with Crippen LogP contribution in [0.15, 0.2) is 22.6 Å². The van der Waals surface area contributed by atoms with E-state index in [9.17, 15) is 4.79 Å². The average Bonchev–Trinajstić information content (AvgIpc) is 2.80. The molecule has 1 aliphatic heterocycles. The first-order valence-corrected chi connectivity index (χ1v) is 9.13. The molecule has 3 atom stereocenters. The fraction of sp³-hybridized carbons (Fsp3) is 0.706. The van der Waals surface area contributed by atoms with Gasteiger partial charge in [0.1, 0.15) is 11.4 Å². The van der Waals surface area contributed by atoms with Crippen molar-refractivity contribution < 1.29 is 9.53 Å². The molecule has 1 heterocycles. The van der Waals surface area contributed by atoms with Crippen LogP contribution in [0.2, 0.25) is 0 Å². The first-order valence-electron chi connectivity index (χ1n) is 7.61. The van der Waals surface area contributed by atoms with E-state index in [2.05, 4.69) is 69.5 Å². The third-order valence-corrected chi connectivity index (χ3v) is 7.08. The van der Waals surface area contributed by atoms with Crippen molar-refractivity contribution in [2.75, 3.05) is 4.43 Å². The Morgan fingerprint density at radius 1 is 1.48 bits per heavy atom. The lowest BCUT2D eigenvalue weighted by Crippen LogP contribution is -2.37. The van der Waals surface area contributed by atoms with Crippen molar-refractivity contribution in [1.29, 1.82) is 0 Å². The molecule has 2 rings (SSSR count). The second-order valence-electron chi connectivity index (χ2n) is 7.10. The van der Waals surface area contributed by atoms with Crippen LogP contribution >= 0.6 is 22.6 Å². The van der Waals surface area contributed by atoms with Crippen LogP contribution in [0.25, 0.3) is 0 Å². The minimum absolute atomic E-state index is 0.119. The van der Waals surface area contributed by atoms with E-state index in [1.165, 1.54) is 11.1 Å². The molecular weight excluding hydrogens is 377 g/mol. The van der Waals surface area contributed by atoms with Crippen LogP contribution in [0.1, 0.15) is 48.0 Å². The molecule has 1 aliphatic carbocycles. The summed E-state index contributed by atoms with van der Waals surface area (Å²) in [7, 11) is 0. The maximum absolute atomic E-state index is 11.0. The van der Waals surface area contributed by atoms with Crippen LogP contribution in [0, 0.1) is 17.3 Å². The number of halogens is 1. The van der Waals surface area contributed by atoms with Gasteiger partial charge in [0.25, 0.3) is 0 Å². The number of carbonyl (C=O) groups is 1. The topological polar surface area (TPSA) is 38.3 Å². The molecular formula is C17H26INO2. The van der Waals surface area contributed by atoms with E-state index in [1.807, 2.05) is 0 Å². The number of amides is 1. The summed E-state index contributed by atoms with van der Waals surface area (Å²) in [4.78, 5) is 11.0. The molecule has 3 unspecified atom stereocenters. The zero-order valence-electron chi connectivity index (χ0n) is 13.8. The molecule has 1 amide bonds. The van der Waals surface area contributed by atoms with Gasteiger partial charge in [-0.3, -0.25) is 4.79 Å². The van der Waals surface area contributed by atoms with Gasteiger partial charge in [-0.15, -0.1) is 0 Å². The van der Waals surface area contributed by atoms with Gasteiger partial charge in [0, 0.05) is 27.9 Å². The molecule has 0 fully saturated rings. The zero-order valence-corrected chi connectivity index (χ0v) is 16.0. The lowest BCUT2D eigenvalue weighted by Gasteiger charge is -2.43. The second-order valence-corrected chi connectivity index (χ2v) is 7.86. The smallest absolute Gasteiger partial charge is 0.211 e. The number of rotatable bonds is 4. The minimum Gasteiger partial charge on any atom is -0.490 e. The van der Waals surface area contributed by atoms with Crippen molar-refractivity contribution >= 4 is 29.0 Å². The average molecular weight is 403 g/mol. The Bertz CT molecular complexity index is 523. The molecule has 0 saturated carbocycles. The molecule has 0 aromatic heterocycles. The van der Waals surface area contributed by atoms with E-state index >= 15 is 0 Å². The summed E-state index contributed by atoms with van der Waals surface area (Å²) >= 11 is 2.41. The SMILES string of the molecule is CC1=C(NC=O)C(C)C2=C(OC(C)(CI)C2)C1(C)C(C)C. The van der Waals surface area contributed by atoms with Crippen molar-refractivity contribution in [2.24, 2.45) is 17.3 Å². The zero-order chi connectivity index (χ0) is 16.0. The van der Waals surface area contributed by atoms with Gasteiger partial charge >= 0.3 is 0 Å². The van der Waals surface area contributed by atoms with Gasteiger partial charge in [-0.1, -0.05) is 43.4 Å². The Morgan fingerprint density at radius 3 is 2.57 bits per heavy atom. The van der Waals surface area contributed by atoms with Gasteiger partial charge in [-0.05, 0) is 37.8 Å². The Hall–Kier alpha value is -0.520. The summed E-state index contributed by atoms with van der Waals surface area (Å²) in [5, 5.41) is 2.96. The molecule has 21 heavy (non-hydrogen) atoms. The first kappa shape index (κ1) is 16.8. The largest absolute Gasteiger partial charge is 0.490 e. The molecule has 4 heteroatoms. The van der Waals surface area contributed by atoms with Crippen LogP contribution in [0.5, 0.6) is 0 Å². The van der Waals surface area contributed by atoms with Crippen LogP contribution in [0.4, 0.5) is 0 Å². The number of ether oxygens (including phenoxy) is 1. The van der Waals surface area contributed by atoms with Gasteiger partial charge in [-0.2, -0.15) is 0 Å². The number of carbonyl (C=O) groups excluding carboxylic acids is 1. The summed E-state index contributed by atoms with van der Waals surface area (Å²) < 4.78 is 7.43. The summed E-state index contributed by atoms with van der Waals surface area (Å²) in [6, 6.07) is 0. The van der Waals surface area contributed by atoms with Crippen molar-refractivity contribution in [2.45, 2.75) is 53.6 Å². The van der Waals surface area contributed by atoms with E-state index in [0.29, 0.717) is 5.92 Å². The molecule has 0 aromatic carbocycles. The number of alkyl halides is 1. The maximum Gasteiger partial charge on any atom is 0.211 e. The van der Waals surface area contributed by atoms with Gasteiger partial charge < -0.3 is 10.1 Å². The summed E-state index contributed by atoms with van der Waals surface area (Å²) in [5.74, 6) is 1.79. The lowest BCUT2D eigenvalue weighted by molar-refractivity contribution is -0.109. The third-order valence-electron chi connectivity index (χ3n) is 5.47. The number of allylic oxidation sites excluding steroid dienone is 2. The third kappa shape index (κ3) is 2.43. The molecule has 2 aliphatic rings. The molecule has 0 spiro atoms. The quantitative estimate of drug-likeness (QED) is 0.435. The van der Waals surface area contributed by atoms with Crippen molar-refractivity contribution in [3.63, 3.8) is 0 Å². The van der Waals surface area contributed by atoms with Crippen LogP contribution in [0.3, 0.4) is 0 Å². The Labute approximate surface area is 141 Å². The second kappa shape index (κ2) is 5.60. The maximum atomic E-state index is 11.0. The highest BCUT2D eigenvalue weighted by molar-refractivity contribution is 14.1. The lowest BCUT2D eigenvalue weighted by atomic mass is 9.65. The summed E-state index contributed by atoms with van der Waals surface area (Å²) in [6.07, 6.45) is 1.75. The molecule has 0 saturated heterocycles. The fourth-order valence-corrected chi connectivity index (χ4v) is 4.06. The standard InChI is InChI=1S/C17H26INO2/c1-10(2)17(6)12(4)14(19-9-20)11(3)13-7-16(5,8-18)21-15(13)17/h9-11H,7-8H2,1-6H3,(H,19,20). The van der Waals surface area contributed by atoms with Crippen LogP contribution < -0.4 is 5.32 Å². The van der Waals surface area contributed by atoms with Crippen molar-refractivity contribution in [1.82, 2.24) is 5.32 Å². The molecule has 118 valence electrons. The Kier molecular flexibility index (Phi) is 4.49. The predicted molar refractivity (Wildman–Crippen MR) is 94.0 cm³/mol. The normalized spacial score (nSPS) is 35.9. The predicted octanol–water partition coefficient (Wildman–Crippen LogP) is 4.19. The highest BCUT2D eigenvalue weighted by Crippen LogP contribution is 2.56. The van der Waals surface area contributed by atoms with E-state index in [0.717, 1.165) is 28.7 Å². The van der Waals surface area contributed by atoms with E-state index in [-0.39, 0.29) is 16.9 Å². The van der Waals surface area contributed by atoms with E-state index < -0.39 is 0 Å². The van der Waals surface area contributed by atoms with Crippen LogP contribution in [-0.4, -0.2) is 16.4 Å². The Morgan fingerprint density at radius 2 is 2.10 bits per heavy atom. The van der Waals surface area contributed by atoms with Crippen molar-refractivity contribution in [3.05, 3.63) is 22.6 Å². The van der Waals surface area contributed by atoms with Gasteiger partial charge in [0.05, 0.1) is 0 Å². The molecule has 1 N–H and O–H groups in total. The molecule has 0 radical (unpaired) electrons. The summed E-state index contributed by atoms with van der Waals surface area (Å²) in [6.45, 7) is 13.2. The van der Waals surface area contributed by atoms with Gasteiger partial charge in [-0.25, -0.2) is 0 Å². The van der Waals surface area contributed by atoms with Gasteiger partial charge in [0.15, 0.2) is 0 Å². The van der Waals surface area contributed by atoms with Crippen molar-refractivity contribution in [3.8, 4) is 0 Å². The first-order chi connectivity index (χ1) is 9.71. The monoisotopic (exact) mass is 403 g/mol. The van der Waals surface area contributed by atoms with Crippen LogP contribution in [-0.2, 0) is 9.53 Å². The Balaban J connectivity index is 2.57. The molecule has 0 aromatic rings. The summed E-state index contributed by atoms with van der Waals surface area (Å²) in [5.41, 5.74) is 3.39. The molecule has 3 nitrogen and oxygen atoms in total. The highest BCUT2D eigenvalue weighted by Gasteiger charge is 2.51. The highest BCUT2D eigenvalue weighted by atomic mass is 127. The molecule has 0 bridgehead atoms. The minimum atomic E-state index is -0.142. The number of hydrogen-bond acceptors (Lipinski definition) is 2. The van der Waals surface area contributed by atoms with E-state index in [4.69, 9.17) is 4.74 Å². The van der Waals surface area contributed by atoms with E-state index in [1.54, 1.807) is 0 Å². The number of nitrogens with one attached hydrogen (secondary N) is 1.